The normalized spacial score (nSPS) is 17.0. The number of amides is 1. The molecule has 3 heterocycles. The number of hydrogen-bond donors (Lipinski definition) is 0. The summed E-state index contributed by atoms with van der Waals surface area (Å²) in [4.78, 5) is 23.5. The highest BCUT2D eigenvalue weighted by atomic mass is 19.1. The van der Waals surface area contributed by atoms with Gasteiger partial charge in [-0.15, -0.1) is 0 Å². The van der Waals surface area contributed by atoms with Crippen molar-refractivity contribution in [1.82, 2.24) is 19.4 Å². The van der Waals surface area contributed by atoms with E-state index < -0.39 is 11.6 Å². The van der Waals surface area contributed by atoms with Crippen molar-refractivity contribution in [2.24, 2.45) is 0 Å². The molecule has 7 heteroatoms. The van der Waals surface area contributed by atoms with Crippen molar-refractivity contribution in [2.45, 2.75) is 32.2 Å². The van der Waals surface area contributed by atoms with Crippen LogP contribution in [0.15, 0.2) is 36.5 Å². The average Bonchev–Trinajstić information content (AvgIpc) is 3.26. The number of nitrogens with zero attached hydrogens (tertiary/aromatic N) is 4. The summed E-state index contributed by atoms with van der Waals surface area (Å²) in [6.45, 7) is 3.92. The van der Waals surface area contributed by atoms with Crippen LogP contribution in [-0.2, 0) is 6.54 Å². The molecule has 1 aromatic carbocycles. The number of imidazole rings is 1. The molecular weight excluding hydrogens is 350 g/mol. The third-order valence-electron chi connectivity index (χ3n) is 4.93. The standard InChI is InChI=1S/C20H20F2N4O/c1-2-7-26-18(24-17-4-3-6-23-19(17)26)13-5-8-25(12-13)20(27)14-9-15(21)11-16(22)10-14/h3-4,6,9-11,13H,2,5,7-8,12H2,1H3/t13-/m1/s1. The van der Waals surface area contributed by atoms with Gasteiger partial charge in [-0.05, 0) is 37.1 Å². The number of rotatable bonds is 4. The van der Waals surface area contributed by atoms with Crippen LogP contribution in [-0.4, -0.2) is 38.4 Å². The lowest BCUT2D eigenvalue weighted by atomic mass is 10.1. The van der Waals surface area contributed by atoms with Gasteiger partial charge in [0.25, 0.3) is 5.91 Å². The predicted octanol–water partition coefficient (Wildman–Crippen LogP) is 3.75. The first-order valence-corrected chi connectivity index (χ1v) is 9.13. The lowest BCUT2D eigenvalue weighted by Crippen LogP contribution is -2.29. The molecule has 1 aliphatic heterocycles. The van der Waals surface area contributed by atoms with Gasteiger partial charge in [-0.2, -0.15) is 0 Å². The SMILES string of the molecule is CCCn1c([C@@H]2CCN(C(=O)c3cc(F)cc(F)c3)C2)nc2cccnc21. The van der Waals surface area contributed by atoms with Gasteiger partial charge >= 0.3 is 0 Å². The number of aromatic nitrogens is 3. The minimum atomic E-state index is -0.745. The van der Waals surface area contributed by atoms with Crippen LogP contribution in [0.1, 0.15) is 41.9 Å². The van der Waals surface area contributed by atoms with E-state index in [0.29, 0.717) is 13.1 Å². The number of carbonyl (C=O) groups is 1. The van der Waals surface area contributed by atoms with Crippen LogP contribution in [0.25, 0.3) is 11.2 Å². The molecule has 1 atom stereocenters. The molecule has 0 saturated carbocycles. The van der Waals surface area contributed by atoms with Crippen molar-refractivity contribution >= 4 is 17.1 Å². The second kappa shape index (κ2) is 7.06. The Bertz CT molecular complexity index is 981. The van der Waals surface area contributed by atoms with Crippen LogP contribution in [0.2, 0.25) is 0 Å². The molecule has 5 nitrogen and oxygen atoms in total. The number of benzene rings is 1. The second-order valence-electron chi connectivity index (χ2n) is 6.86. The first-order chi connectivity index (χ1) is 13.1. The zero-order valence-corrected chi connectivity index (χ0v) is 15.0. The van der Waals surface area contributed by atoms with E-state index in [-0.39, 0.29) is 17.4 Å². The maximum atomic E-state index is 13.4. The van der Waals surface area contributed by atoms with Gasteiger partial charge in [0.15, 0.2) is 5.65 Å². The van der Waals surface area contributed by atoms with Crippen molar-refractivity contribution in [3.63, 3.8) is 0 Å². The molecule has 1 amide bonds. The second-order valence-corrected chi connectivity index (χ2v) is 6.86. The van der Waals surface area contributed by atoms with Crippen LogP contribution in [0.5, 0.6) is 0 Å². The van der Waals surface area contributed by atoms with Gasteiger partial charge in [0.05, 0.1) is 0 Å². The zero-order valence-electron chi connectivity index (χ0n) is 15.0. The molecule has 1 aliphatic rings. The Labute approximate surface area is 155 Å². The van der Waals surface area contributed by atoms with Gasteiger partial charge in [0.2, 0.25) is 0 Å². The zero-order chi connectivity index (χ0) is 19.0. The maximum absolute atomic E-state index is 13.4. The lowest BCUT2D eigenvalue weighted by molar-refractivity contribution is 0.0789. The molecule has 1 saturated heterocycles. The summed E-state index contributed by atoms with van der Waals surface area (Å²) in [5.74, 6) is -0.846. The molecule has 3 aromatic rings. The molecule has 1 fully saturated rings. The highest BCUT2D eigenvalue weighted by Crippen LogP contribution is 2.30. The van der Waals surface area contributed by atoms with E-state index in [4.69, 9.17) is 4.98 Å². The van der Waals surface area contributed by atoms with Crippen LogP contribution in [0, 0.1) is 11.6 Å². The van der Waals surface area contributed by atoms with Gasteiger partial charge < -0.3 is 9.47 Å². The van der Waals surface area contributed by atoms with Gasteiger partial charge in [0.1, 0.15) is 23.0 Å². The highest BCUT2D eigenvalue weighted by molar-refractivity contribution is 5.94. The Morgan fingerprint density at radius 3 is 2.78 bits per heavy atom. The van der Waals surface area contributed by atoms with Crippen molar-refractivity contribution in [3.8, 4) is 0 Å². The summed E-state index contributed by atoms with van der Waals surface area (Å²) in [7, 11) is 0. The molecule has 0 radical (unpaired) electrons. The fraction of sp³-hybridized carbons (Fsp3) is 0.350. The molecule has 27 heavy (non-hydrogen) atoms. The van der Waals surface area contributed by atoms with E-state index in [1.54, 1.807) is 11.1 Å². The first-order valence-electron chi connectivity index (χ1n) is 9.13. The number of halogens is 2. The molecule has 140 valence electrons. The average molecular weight is 370 g/mol. The molecular formula is C20H20F2N4O. The lowest BCUT2D eigenvalue weighted by Gasteiger charge is -2.17. The van der Waals surface area contributed by atoms with Gasteiger partial charge in [-0.25, -0.2) is 18.7 Å². The summed E-state index contributed by atoms with van der Waals surface area (Å²) in [6, 6.07) is 6.72. The topological polar surface area (TPSA) is 51.0 Å². The molecule has 0 aliphatic carbocycles. The summed E-state index contributed by atoms with van der Waals surface area (Å²) in [5.41, 5.74) is 1.74. The molecule has 0 unspecified atom stereocenters. The van der Waals surface area contributed by atoms with Crippen LogP contribution in [0.3, 0.4) is 0 Å². The van der Waals surface area contributed by atoms with E-state index in [2.05, 4.69) is 16.5 Å². The largest absolute Gasteiger partial charge is 0.338 e. The number of aryl methyl sites for hydroxylation is 1. The minimum Gasteiger partial charge on any atom is -0.338 e. The Morgan fingerprint density at radius 2 is 2.04 bits per heavy atom. The number of hydrogen-bond acceptors (Lipinski definition) is 3. The van der Waals surface area contributed by atoms with Gasteiger partial charge in [0, 0.05) is 43.4 Å². The quantitative estimate of drug-likeness (QED) is 0.703. The summed E-state index contributed by atoms with van der Waals surface area (Å²) in [5, 5.41) is 0. The summed E-state index contributed by atoms with van der Waals surface area (Å²) in [6.07, 6.45) is 3.46. The van der Waals surface area contributed by atoms with E-state index in [0.717, 1.165) is 54.6 Å². The highest BCUT2D eigenvalue weighted by Gasteiger charge is 2.31. The van der Waals surface area contributed by atoms with Gasteiger partial charge in [-0.1, -0.05) is 6.92 Å². The van der Waals surface area contributed by atoms with Crippen molar-refractivity contribution in [1.29, 1.82) is 0 Å². The third kappa shape index (κ3) is 3.29. The van der Waals surface area contributed by atoms with Gasteiger partial charge in [-0.3, -0.25) is 4.79 Å². The van der Waals surface area contributed by atoms with E-state index in [1.165, 1.54) is 0 Å². The Balaban J connectivity index is 1.60. The Morgan fingerprint density at radius 1 is 1.26 bits per heavy atom. The number of likely N-dealkylation sites (tertiary alicyclic amines) is 1. The van der Waals surface area contributed by atoms with E-state index >= 15 is 0 Å². The smallest absolute Gasteiger partial charge is 0.254 e. The number of pyridine rings is 1. The maximum Gasteiger partial charge on any atom is 0.254 e. The number of fused-ring (bicyclic) bond motifs is 1. The summed E-state index contributed by atoms with van der Waals surface area (Å²) < 4.78 is 29.0. The van der Waals surface area contributed by atoms with Crippen LogP contribution < -0.4 is 0 Å². The van der Waals surface area contributed by atoms with Crippen LogP contribution >= 0.6 is 0 Å². The molecule has 0 spiro atoms. The summed E-state index contributed by atoms with van der Waals surface area (Å²) >= 11 is 0. The Hall–Kier alpha value is -2.83. The van der Waals surface area contributed by atoms with Crippen molar-refractivity contribution in [2.75, 3.05) is 13.1 Å². The van der Waals surface area contributed by atoms with E-state index in [1.807, 2.05) is 12.1 Å². The van der Waals surface area contributed by atoms with Crippen LogP contribution in [0.4, 0.5) is 8.78 Å². The van der Waals surface area contributed by atoms with Crippen molar-refractivity contribution in [3.05, 3.63) is 59.6 Å². The molecule has 2 aromatic heterocycles. The monoisotopic (exact) mass is 370 g/mol. The number of carbonyl (C=O) groups excluding carboxylic acids is 1. The molecule has 0 N–H and O–H groups in total. The van der Waals surface area contributed by atoms with E-state index in [9.17, 15) is 13.6 Å². The minimum absolute atomic E-state index is 0.0388. The fourth-order valence-corrected chi connectivity index (χ4v) is 3.75. The predicted molar refractivity (Wildman–Crippen MR) is 97.4 cm³/mol. The Kier molecular flexibility index (Phi) is 4.59. The molecule has 0 bridgehead atoms. The first kappa shape index (κ1) is 17.6. The molecule has 4 rings (SSSR count). The fourth-order valence-electron chi connectivity index (χ4n) is 3.75. The van der Waals surface area contributed by atoms with Crippen molar-refractivity contribution < 1.29 is 13.6 Å². The third-order valence-corrected chi connectivity index (χ3v) is 4.93.